The maximum absolute atomic E-state index is 12.2. The van der Waals surface area contributed by atoms with E-state index in [9.17, 15) is 4.79 Å². The number of benzene rings is 2. The van der Waals surface area contributed by atoms with Gasteiger partial charge < -0.3 is 5.32 Å². The van der Waals surface area contributed by atoms with E-state index in [1.54, 1.807) is 18.3 Å². The van der Waals surface area contributed by atoms with Crippen LogP contribution in [0.1, 0.15) is 10.4 Å². The second kappa shape index (κ2) is 6.44. The van der Waals surface area contributed by atoms with Crippen LogP contribution in [-0.2, 0) is 0 Å². The van der Waals surface area contributed by atoms with Gasteiger partial charge in [0.1, 0.15) is 0 Å². The molecule has 1 amide bonds. The van der Waals surface area contributed by atoms with E-state index < -0.39 is 0 Å². The fourth-order valence-electron chi connectivity index (χ4n) is 1.88. The zero-order valence-electron chi connectivity index (χ0n) is 11.1. The first-order valence-electron chi connectivity index (χ1n) is 6.28. The predicted molar refractivity (Wildman–Crippen MR) is 89.8 cm³/mol. The van der Waals surface area contributed by atoms with E-state index >= 15 is 0 Å². The van der Waals surface area contributed by atoms with Gasteiger partial charge in [0.25, 0.3) is 5.91 Å². The van der Waals surface area contributed by atoms with Crippen LogP contribution in [0.2, 0.25) is 10.0 Å². The zero-order valence-corrected chi connectivity index (χ0v) is 13.4. The predicted octanol–water partition coefficient (Wildman–Crippen LogP) is 4.76. The van der Waals surface area contributed by atoms with Crippen LogP contribution < -0.4 is 5.32 Å². The molecule has 1 N–H and O–H groups in total. The average Bonchev–Trinajstić information content (AvgIpc) is 3.02. The van der Waals surface area contributed by atoms with Crippen molar-refractivity contribution in [2.45, 2.75) is 0 Å². The summed E-state index contributed by atoms with van der Waals surface area (Å²) in [6.07, 6.45) is 1.70. The number of rotatable bonds is 3. The molecule has 3 aromatic rings. The summed E-state index contributed by atoms with van der Waals surface area (Å²) < 4.78 is 3.82. The molecule has 7 heteroatoms. The highest BCUT2D eigenvalue weighted by atomic mass is 35.5. The summed E-state index contributed by atoms with van der Waals surface area (Å²) in [6.45, 7) is 0. The molecule has 0 spiro atoms. The molecule has 0 saturated carbocycles. The fraction of sp³-hybridized carbons (Fsp3) is 0. The van der Waals surface area contributed by atoms with Crippen LogP contribution in [0.15, 0.2) is 48.7 Å². The van der Waals surface area contributed by atoms with Gasteiger partial charge in [0.15, 0.2) is 0 Å². The van der Waals surface area contributed by atoms with Gasteiger partial charge in [-0.15, -0.1) is 5.10 Å². The van der Waals surface area contributed by atoms with Gasteiger partial charge in [-0.05, 0) is 47.4 Å². The Kier molecular flexibility index (Phi) is 4.38. The van der Waals surface area contributed by atoms with E-state index in [-0.39, 0.29) is 5.91 Å². The van der Waals surface area contributed by atoms with Crippen molar-refractivity contribution in [3.05, 3.63) is 64.3 Å². The Morgan fingerprint density at radius 1 is 1.09 bits per heavy atom. The van der Waals surface area contributed by atoms with E-state index in [0.29, 0.717) is 21.3 Å². The number of aromatic nitrogens is 2. The van der Waals surface area contributed by atoms with Crippen molar-refractivity contribution in [1.82, 2.24) is 9.59 Å². The summed E-state index contributed by atoms with van der Waals surface area (Å²) in [4.78, 5) is 13.2. The highest BCUT2D eigenvalue weighted by Gasteiger charge is 2.11. The molecule has 1 heterocycles. The van der Waals surface area contributed by atoms with Gasteiger partial charge in [-0.25, -0.2) is 0 Å². The highest BCUT2D eigenvalue weighted by molar-refractivity contribution is 7.09. The van der Waals surface area contributed by atoms with Crippen LogP contribution in [0.5, 0.6) is 0 Å². The number of nitrogens with zero attached hydrogens (tertiary/aromatic N) is 2. The summed E-state index contributed by atoms with van der Waals surface area (Å²) in [7, 11) is 0. The monoisotopic (exact) mass is 349 g/mol. The molecule has 22 heavy (non-hydrogen) atoms. The second-order valence-electron chi connectivity index (χ2n) is 4.44. The van der Waals surface area contributed by atoms with Gasteiger partial charge in [-0.1, -0.05) is 39.8 Å². The van der Waals surface area contributed by atoms with Crippen LogP contribution in [0.4, 0.5) is 5.69 Å². The Hall–Kier alpha value is -1.95. The molecule has 0 unspecified atom stereocenters. The van der Waals surface area contributed by atoms with Gasteiger partial charge >= 0.3 is 0 Å². The number of nitrogens with one attached hydrogen (secondary N) is 1. The van der Waals surface area contributed by atoms with E-state index in [1.165, 1.54) is 17.6 Å². The minimum atomic E-state index is -0.283. The minimum absolute atomic E-state index is 0.283. The first kappa shape index (κ1) is 15.0. The Labute approximate surface area is 140 Å². The van der Waals surface area contributed by atoms with Crippen LogP contribution in [0, 0.1) is 0 Å². The van der Waals surface area contributed by atoms with Crippen LogP contribution in [0.25, 0.3) is 10.4 Å². The molecule has 0 saturated heterocycles. The SMILES string of the molecule is O=C(Nc1ccc(-c2cnns2)cc1)c1ccc(Cl)cc1Cl. The van der Waals surface area contributed by atoms with Crippen molar-refractivity contribution in [1.29, 1.82) is 0 Å². The number of hydrogen-bond acceptors (Lipinski definition) is 4. The van der Waals surface area contributed by atoms with E-state index in [4.69, 9.17) is 23.2 Å². The van der Waals surface area contributed by atoms with Crippen molar-refractivity contribution in [2.75, 3.05) is 5.32 Å². The molecular formula is C15H9Cl2N3OS. The molecule has 2 aromatic carbocycles. The quantitative estimate of drug-likeness (QED) is 0.741. The normalized spacial score (nSPS) is 10.5. The molecule has 0 aliphatic heterocycles. The Morgan fingerprint density at radius 2 is 1.86 bits per heavy atom. The van der Waals surface area contributed by atoms with Crippen molar-refractivity contribution < 1.29 is 4.79 Å². The topological polar surface area (TPSA) is 54.9 Å². The van der Waals surface area contributed by atoms with Gasteiger partial charge in [-0.3, -0.25) is 4.79 Å². The third kappa shape index (κ3) is 3.27. The molecule has 0 atom stereocenters. The highest BCUT2D eigenvalue weighted by Crippen LogP contribution is 2.25. The number of anilines is 1. The maximum atomic E-state index is 12.2. The maximum Gasteiger partial charge on any atom is 0.257 e. The van der Waals surface area contributed by atoms with Crippen LogP contribution >= 0.6 is 34.7 Å². The summed E-state index contributed by atoms with van der Waals surface area (Å²) in [5.74, 6) is -0.283. The average molecular weight is 350 g/mol. The molecular weight excluding hydrogens is 341 g/mol. The number of halogens is 2. The van der Waals surface area contributed by atoms with Gasteiger partial charge in [0.05, 0.1) is 21.7 Å². The lowest BCUT2D eigenvalue weighted by molar-refractivity contribution is 0.102. The van der Waals surface area contributed by atoms with Crippen molar-refractivity contribution in [3.63, 3.8) is 0 Å². The third-order valence-corrected chi connectivity index (χ3v) is 4.23. The summed E-state index contributed by atoms with van der Waals surface area (Å²) >= 11 is 13.2. The molecule has 0 aliphatic rings. The molecule has 0 aliphatic carbocycles. The number of carbonyl (C=O) groups excluding carboxylic acids is 1. The molecule has 4 nitrogen and oxygen atoms in total. The van der Waals surface area contributed by atoms with E-state index in [0.717, 1.165) is 10.4 Å². The number of amides is 1. The molecule has 3 rings (SSSR count). The first-order valence-corrected chi connectivity index (χ1v) is 7.80. The molecule has 0 radical (unpaired) electrons. The lowest BCUT2D eigenvalue weighted by Crippen LogP contribution is -2.12. The van der Waals surface area contributed by atoms with Gasteiger partial charge in [0, 0.05) is 10.7 Å². The Bertz CT molecular complexity index is 804. The first-order chi connectivity index (χ1) is 10.6. The lowest BCUT2D eigenvalue weighted by Gasteiger charge is -2.07. The standard InChI is InChI=1S/C15H9Cl2N3OS/c16-10-3-6-12(13(17)7-10)15(21)19-11-4-1-9(2-5-11)14-8-18-20-22-14/h1-8H,(H,19,21). The molecule has 0 fully saturated rings. The van der Waals surface area contributed by atoms with Gasteiger partial charge in [0.2, 0.25) is 0 Å². The van der Waals surface area contributed by atoms with Crippen LogP contribution in [-0.4, -0.2) is 15.5 Å². The summed E-state index contributed by atoms with van der Waals surface area (Å²) in [6, 6.07) is 12.2. The summed E-state index contributed by atoms with van der Waals surface area (Å²) in [5, 5.41) is 7.40. The third-order valence-electron chi connectivity index (χ3n) is 2.96. The van der Waals surface area contributed by atoms with Gasteiger partial charge in [-0.2, -0.15) is 0 Å². The smallest absolute Gasteiger partial charge is 0.257 e. The minimum Gasteiger partial charge on any atom is -0.322 e. The van der Waals surface area contributed by atoms with Crippen LogP contribution in [0.3, 0.4) is 0 Å². The molecule has 0 bridgehead atoms. The number of hydrogen-bond donors (Lipinski definition) is 1. The molecule has 110 valence electrons. The largest absolute Gasteiger partial charge is 0.322 e. The second-order valence-corrected chi connectivity index (χ2v) is 6.07. The van der Waals surface area contributed by atoms with Crippen molar-refractivity contribution in [3.8, 4) is 10.4 Å². The lowest BCUT2D eigenvalue weighted by atomic mass is 10.1. The van der Waals surface area contributed by atoms with Crippen molar-refractivity contribution in [2.24, 2.45) is 0 Å². The Balaban J connectivity index is 1.77. The summed E-state index contributed by atoms with van der Waals surface area (Å²) in [5.41, 5.74) is 2.05. The van der Waals surface area contributed by atoms with E-state index in [1.807, 2.05) is 24.3 Å². The Morgan fingerprint density at radius 3 is 2.50 bits per heavy atom. The van der Waals surface area contributed by atoms with Crippen molar-refractivity contribution >= 4 is 46.3 Å². The van der Waals surface area contributed by atoms with E-state index in [2.05, 4.69) is 14.9 Å². The fourth-order valence-corrected chi connectivity index (χ4v) is 2.90. The molecule has 1 aromatic heterocycles. The zero-order chi connectivity index (χ0) is 15.5. The number of carbonyl (C=O) groups is 1.